The second-order valence-electron chi connectivity index (χ2n) is 5.92. The van der Waals surface area contributed by atoms with Crippen LogP contribution >= 0.6 is 11.3 Å². The first kappa shape index (κ1) is 20.1. The van der Waals surface area contributed by atoms with E-state index in [1.54, 1.807) is 37.4 Å². The number of anilines is 3. The molecule has 0 bridgehead atoms. The molecule has 0 aliphatic heterocycles. The molecule has 0 spiro atoms. The Kier molecular flexibility index (Phi) is 6.50. The predicted molar refractivity (Wildman–Crippen MR) is 111 cm³/mol. The third-order valence-corrected chi connectivity index (χ3v) is 5.95. The number of ether oxygens (including phenoxy) is 2. The summed E-state index contributed by atoms with van der Waals surface area (Å²) >= 11 is 1.49. The summed E-state index contributed by atoms with van der Waals surface area (Å²) in [5, 5.41) is 5.86. The van der Waals surface area contributed by atoms with Crippen LogP contribution in [0.2, 0.25) is 0 Å². The van der Waals surface area contributed by atoms with Crippen molar-refractivity contribution in [1.29, 1.82) is 0 Å². The van der Waals surface area contributed by atoms with E-state index in [0.717, 1.165) is 16.5 Å². The minimum absolute atomic E-state index is 0.153. The number of aryl methyl sites for hydroxylation is 1. The summed E-state index contributed by atoms with van der Waals surface area (Å²) in [6.45, 7) is 2.78. The van der Waals surface area contributed by atoms with Crippen LogP contribution < -0.4 is 14.8 Å². The number of thiazole rings is 1. The molecule has 0 radical (unpaired) electrons. The van der Waals surface area contributed by atoms with Crippen LogP contribution in [0.1, 0.15) is 5.69 Å². The first-order chi connectivity index (χ1) is 13.5. The van der Waals surface area contributed by atoms with E-state index in [1.807, 2.05) is 18.4 Å². The molecule has 0 fully saturated rings. The van der Waals surface area contributed by atoms with Gasteiger partial charge < -0.3 is 14.8 Å². The van der Waals surface area contributed by atoms with Crippen molar-refractivity contribution >= 4 is 37.9 Å². The molecule has 1 heterocycles. The van der Waals surface area contributed by atoms with Gasteiger partial charge in [0.25, 0.3) is 10.0 Å². The minimum atomic E-state index is -3.71. The van der Waals surface area contributed by atoms with Crippen LogP contribution in [0.25, 0.3) is 0 Å². The zero-order chi connectivity index (χ0) is 20.0. The van der Waals surface area contributed by atoms with Gasteiger partial charge in [-0.3, -0.25) is 4.72 Å². The summed E-state index contributed by atoms with van der Waals surface area (Å²) in [6, 6.07) is 13.3. The van der Waals surface area contributed by atoms with Gasteiger partial charge in [-0.15, -0.1) is 11.3 Å². The molecule has 0 aliphatic rings. The number of methoxy groups -OCH3 is 1. The van der Waals surface area contributed by atoms with Gasteiger partial charge >= 0.3 is 0 Å². The molecule has 7 nitrogen and oxygen atoms in total. The monoisotopic (exact) mass is 419 g/mol. The van der Waals surface area contributed by atoms with Crippen LogP contribution in [-0.4, -0.2) is 33.7 Å². The quantitative estimate of drug-likeness (QED) is 0.509. The third-order valence-electron chi connectivity index (χ3n) is 3.68. The average Bonchev–Trinajstić information content (AvgIpc) is 3.07. The Morgan fingerprint density at radius 3 is 2.50 bits per heavy atom. The summed E-state index contributed by atoms with van der Waals surface area (Å²) in [4.78, 5) is 4.49. The molecule has 148 valence electrons. The standard InChI is InChI=1S/C19H21N3O4S2/c1-14-13-27-19(20-14)21-15-4-3-5-16(12-15)22-28(23,24)18-8-6-17(7-9-18)26-11-10-25-2/h3-9,12-13,22H,10-11H2,1-2H3,(H,20,21). The summed E-state index contributed by atoms with van der Waals surface area (Å²) in [7, 11) is -2.12. The number of sulfonamides is 1. The summed E-state index contributed by atoms with van der Waals surface area (Å²) < 4.78 is 38.2. The maximum absolute atomic E-state index is 12.6. The molecule has 2 aromatic carbocycles. The van der Waals surface area contributed by atoms with E-state index < -0.39 is 10.0 Å². The van der Waals surface area contributed by atoms with Gasteiger partial charge in [0.2, 0.25) is 0 Å². The largest absolute Gasteiger partial charge is 0.491 e. The highest BCUT2D eigenvalue weighted by Crippen LogP contribution is 2.25. The molecule has 1 aromatic heterocycles. The Labute approximate surface area is 168 Å². The summed E-state index contributed by atoms with van der Waals surface area (Å²) in [6.07, 6.45) is 0. The van der Waals surface area contributed by atoms with Crippen LogP contribution in [0.3, 0.4) is 0 Å². The van der Waals surface area contributed by atoms with Crippen molar-refractivity contribution in [2.45, 2.75) is 11.8 Å². The second kappa shape index (κ2) is 9.05. The van der Waals surface area contributed by atoms with Crippen LogP contribution in [0, 0.1) is 6.92 Å². The normalized spacial score (nSPS) is 11.2. The maximum Gasteiger partial charge on any atom is 0.261 e. The van der Waals surface area contributed by atoms with Gasteiger partial charge in [-0.2, -0.15) is 0 Å². The van der Waals surface area contributed by atoms with Crippen LogP contribution in [0.4, 0.5) is 16.5 Å². The number of hydrogen-bond acceptors (Lipinski definition) is 7. The van der Waals surface area contributed by atoms with Crippen molar-refractivity contribution in [3.05, 3.63) is 59.6 Å². The molecule has 0 unspecified atom stereocenters. The van der Waals surface area contributed by atoms with Gasteiger partial charge in [0, 0.05) is 18.2 Å². The lowest BCUT2D eigenvalue weighted by Crippen LogP contribution is -2.13. The first-order valence-electron chi connectivity index (χ1n) is 8.50. The first-order valence-corrected chi connectivity index (χ1v) is 10.9. The second-order valence-corrected chi connectivity index (χ2v) is 8.46. The lowest BCUT2D eigenvalue weighted by molar-refractivity contribution is 0.146. The van der Waals surface area contributed by atoms with E-state index in [0.29, 0.717) is 24.7 Å². The molecule has 0 aliphatic carbocycles. The van der Waals surface area contributed by atoms with E-state index in [9.17, 15) is 8.42 Å². The van der Waals surface area contributed by atoms with Gasteiger partial charge in [-0.25, -0.2) is 13.4 Å². The van der Waals surface area contributed by atoms with Crippen molar-refractivity contribution in [3.8, 4) is 5.75 Å². The Morgan fingerprint density at radius 1 is 1.07 bits per heavy atom. The minimum Gasteiger partial charge on any atom is -0.491 e. The molecule has 0 saturated carbocycles. The molecule has 0 saturated heterocycles. The Bertz CT molecular complexity index is 1020. The SMILES string of the molecule is COCCOc1ccc(S(=O)(=O)Nc2cccc(Nc3nc(C)cs3)c2)cc1. The highest BCUT2D eigenvalue weighted by molar-refractivity contribution is 7.92. The molecule has 3 rings (SSSR count). The van der Waals surface area contributed by atoms with E-state index >= 15 is 0 Å². The maximum atomic E-state index is 12.6. The average molecular weight is 420 g/mol. The zero-order valence-corrected chi connectivity index (χ0v) is 17.1. The molecule has 3 aromatic rings. The Morgan fingerprint density at radius 2 is 1.82 bits per heavy atom. The lowest BCUT2D eigenvalue weighted by Gasteiger charge is -2.11. The van der Waals surface area contributed by atoms with Crippen LogP contribution in [0.5, 0.6) is 5.75 Å². The number of benzene rings is 2. The topological polar surface area (TPSA) is 89.5 Å². The molecule has 9 heteroatoms. The summed E-state index contributed by atoms with van der Waals surface area (Å²) in [5.41, 5.74) is 2.13. The summed E-state index contributed by atoms with van der Waals surface area (Å²) in [5.74, 6) is 0.584. The van der Waals surface area contributed by atoms with E-state index in [2.05, 4.69) is 15.0 Å². The number of aromatic nitrogens is 1. The fraction of sp³-hybridized carbons (Fsp3) is 0.211. The number of nitrogens with zero attached hydrogens (tertiary/aromatic N) is 1. The molecule has 0 atom stereocenters. The van der Waals surface area contributed by atoms with Crippen molar-refractivity contribution in [2.75, 3.05) is 30.4 Å². The smallest absolute Gasteiger partial charge is 0.261 e. The van der Waals surface area contributed by atoms with Gasteiger partial charge in [0.15, 0.2) is 5.13 Å². The predicted octanol–water partition coefficient (Wildman–Crippen LogP) is 4.02. The van der Waals surface area contributed by atoms with Crippen molar-refractivity contribution < 1.29 is 17.9 Å². The van der Waals surface area contributed by atoms with E-state index in [1.165, 1.54) is 23.5 Å². The number of hydrogen-bond donors (Lipinski definition) is 2. The van der Waals surface area contributed by atoms with Crippen molar-refractivity contribution in [1.82, 2.24) is 4.98 Å². The van der Waals surface area contributed by atoms with Crippen LogP contribution in [0.15, 0.2) is 58.8 Å². The lowest BCUT2D eigenvalue weighted by atomic mass is 10.3. The van der Waals surface area contributed by atoms with Gasteiger partial charge in [0.05, 0.1) is 22.9 Å². The molecular weight excluding hydrogens is 398 g/mol. The van der Waals surface area contributed by atoms with E-state index in [-0.39, 0.29) is 4.90 Å². The van der Waals surface area contributed by atoms with Gasteiger partial charge in [0.1, 0.15) is 12.4 Å². The molecule has 0 amide bonds. The van der Waals surface area contributed by atoms with E-state index in [4.69, 9.17) is 9.47 Å². The molecule has 2 N–H and O–H groups in total. The van der Waals surface area contributed by atoms with Crippen molar-refractivity contribution in [2.24, 2.45) is 0 Å². The highest BCUT2D eigenvalue weighted by atomic mass is 32.2. The molecule has 28 heavy (non-hydrogen) atoms. The zero-order valence-electron chi connectivity index (χ0n) is 15.5. The fourth-order valence-electron chi connectivity index (χ4n) is 2.37. The van der Waals surface area contributed by atoms with Crippen LogP contribution in [-0.2, 0) is 14.8 Å². The van der Waals surface area contributed by atoms with Gasteiger partial charge in [-0.1, -0.05) is 6.07 Å². The number of rotatable bonds is 9. The van der Waals surface area contributed by atoms with Gasteiger partial charge in [-0.05, 0) is 49.4 Å². The Hall–Kier alpha value is -2.62. The Balaban J connectivity index is 1.69. The number of nitrogens with one attached hydrogen (secondary N) is 2. The highest BCUT2D eigenvalue weighted by Gasteiger charge is 2.14. The van der Waals surface area contributed by atoms with Crippen molar-refractivity contribution in [3.63, 3.8) is 0 Å². The fourth-order valence-corrected chi connectivity index (χ4v) is 4.13. The molecular formula is C19H21N3O4S2. The third kappa shape index (κ3) is 5.44.